The van der Waals surface area contributed by atoms with Crippen LogP contribution in [0.5, 0.6) is 0 Å². The van der Waals surface area contributed by atoms with Crippen LogP contribution in [0.1, 0.15) is 26.6 Å². The van der Waals surface area contributed by atoms with E-state index in [-0.39, 0.29) is 5.91 Å². The standard InChI is InChI=1S/C30H29N7OS2/c1-22-9-11-25(12-10-22)37-28(24-8-5-13-31-18-24)33-34-30(37)40-21-27-32-26(20-39-27)29(38)36-16-14-35(15-17-36)19-23-6-3-2-4-7-23/h2-13,18,20H,14-17,19,21H2,1H3. The largest absolute Gasteiger partial charge is 0.335 e. The molecular weight excluding hydrogens is 539 g/mol. The van der Waals surface area contributed by atoms with E-state index in [1.165, 1.54) is 22.5 Å². The first-order chi connectivity index (χ1) is 19.6. The molecule has 1 saturated heterocycles. The third-order valence-corrected chi connectivity index (χ3v) is 8.82. The van der Waals surface area contributed by atoms with Crippen molar-refractivity contribution < 1.29 is 4.79 Å². The highest BCUT2D eigenvalue weighted by Gasteiger charge is 2.24. The number of benzene rings is 2. The highest BCUT2D eigenvalue weighted by molar-refractivity contribution is 7.98. The van der Waals surface area contributed by atoms with E-state index in [4.69, 9.17) is 4.98 Å². The van der Waals surface area contributed by atoms with Crippen LogP contribution in [0.4, 0.5) is 0 Å². The average molecular weight is 568 g/mol. The molecule has 6 rings (SSSR count). The van der Waals surface area contributed by atoms with Gasteiger partial charge in [-0.05, 0) is 36.8 Å². The van der Waals surface area contributed by atoms with Gasteiger partial charge in [0.1, 0.15) is 10.7 Å². The van der Waals surface area contributed by atoms with Crippen molar-refractivity contribution in [3.63, 3.8) is 0 Å². The predicted octanol–water partition coefficient (Wildman–Crippen LogP) is 5.34. The number of thioether (sulfide) groups is 1. The van der Waals surface area contributed by atoms with Crippen molar-refractivity contribution in [3.8, 4) is 17.1 Å². The highest BCUT2D eigenvalue weighted by Crippen LogP contribution is 2.30. The molecule has 0 unspecified atom stereocenters. The van der Waals surface area contributed by atoms with Crippen molar-refractivity contribution in [1.82, 2.24) is 34.5 Å². The van der Waals surface area contributed by atoms with Gasteiger partial charge in [-0.3, -0.25) is 19.2 Å². The first kappa shape index (κ1) is 26.4. The summed E-state index contributed by atoms with van der Waals surface area (Å²) in [4.78, 5) is 26.5. The van der Waals surface area contributed by atoms with Crippen LogP contribution in [0, 0.1) is 6.92 Å². The topological polar surface area (TPSA) is 80.0 Å². The number of carbonyl (C=O) groups excluding carboxylic acids is 1. The lowest BCUT2D eigenvalue weighted by molar-refractivity contribution is 0.0623. The van der Waals surface area contributed by atoms with E-state index in [9.17, 15) is 4.79 Å². The number of thiazole rings is 1. The monoisotopic (exact) mass is 567 g/mol. The van der Waals surface area contributed by atoms with Crippen molar-refractivity contribution in [2.45, 2.75) is 24.4 Å². The normalized spacial score (nSPS) is 14.0. The molecule has 10 heteroatoms. The number of nitrogens with zero attached hydrogens (tertiary/aromatic N) is 7. The first-order valence-electron chi connectivity index (χ1n) is 13.2. The number of carbonyl (C=O) groups is 1. The molecule has 0 radical (unpaired) electrons. The van der Waals surface area contributed by atoms with Crippen molar-refractivity contribution in [2.24, 2.45) is 0 Å². The zero-order chi connectivity index (χ0) is 27.3. The summed E-state index contributed by atoms with van der Waals surface area (Å²) in [7, 11) is 0. The number of amides is 1. The summed E-state index contributed by atoms with van der Waals surface area (Å²) >= 11 is 3.07. The minimum Gasteiger partial charge on any atom is -0.335 e. The minimum atomic E-state index is 0.00791. The Morgan fingerprint density at radius 3 is 2.50 bits per heavy atom. The third kappa shape index (κ3) is 5.99. The smallest absolute Gasteiger partial charge is 0.273 e. The summed E-state index contributed by atoms with van der Waals surface area (Å²) in [6.07, 6.45) is 3.54. The van der Waals surface area contributed by atoms with Crippen LogP contribution in [-0.2, 0) is 12.3 Å². The Labute approximate surface area is 241 Å². The third-order valence-electron chi connectivity index (χ3n) is 6.85. The molecular formula is C30H29N7OS2. The van der Waals surface area contributed by atoms with E-state index in [0.717, 1.165) is 46.9 Å². The summed E-state index contributed by atoms with van der Waals surface area (Å²) in [6.45, 7) is 6.13. The second-order valence-electron chi connectivity index (χ2n) is 9.69. The number of hydrogen-bond acceptors (Lipinski definition) is 8. The van der Waals surface area contributed by atoms with Gasteiger partial charge in [0.25, 0.3) is 5.91 Å². The molecule has 0 atom stereocenters. The van der Waals surface area contributed by atoms with Crippen LogP contribution < -0.4 is 0 Å². The summed E-state index contributed by atoms with van der Waals surface area (Å²) in [5.74, 6) is 1.34. The van der Waals surface area contributed by atoms with Gasteiger partial charge < -0.3 is 4.90 Å². The second kappa shape index (κ2) is 12.1. The molecule has 8 nitrogen and oxygen atoms in total. The fraction of sp³-hybridized carbons (Fsp3) is 0.233. The van der Waals surface area contributed by atoms with E-state index >= 15 is 0 Å². The van der Waals surface area contributed by atoms with Gasteiger partial charge in [-0.2, -0.15) is 0 Å². The Hall–Kier alpha value is -3.86. The molecule has 0 saturated carbocycles. The van der Waals surface area contributed by atoms with Gasteiger partial charge in [-0.15, -0.1) is 21.5 Å². The van der Waals surface area contributed by atoms with E-state index in [1.807, 2.05) is 28.5 Å². The molecule has 3 aromatic heterocycles. The molecule has 1 aliphatic rings. The molecule has 40 heavy (non-hydrogen) atoms. The SMILES string of the molecule is Cc1ccc(-n2c(SCc3nc(C(=O)N4CCN(Cc5ccccc5)CC4)cs3)nnc2-c2cccnc2)cc1. The maximum Gasteiger partial charge on any atom is 0.273 e. The average Bonchev–Trinajstić information content (AvgIpc) is 3.65. The molecule has 5 aromatic rings. The molecule has 0 spiro atoms. The summed E-state index contributed by atoms with van der Waals surface area (Å²) in [5.41, 5.74) is 4.89. The van der Waals surface area contributed by atoms with Crippen LogP contribution in [0.3, 0.4) is 0 Å². The van der Waals surface area contributed by atoms with E-state index in [1.54, 1.807) is 24.2 Å². The van der Waals surface area contributed by atoms with E-state index in [0.29, 0.717) is 24.5 Å². The van der Waals surface area contributed by atoms with Crippen LogP contribution >= 0.6 is 23.1 Å². The molecule has 1 aliphatic heterocycles. The second-order valence-corrected chi connectivity index (χ2v) is 11.6. The number of hydrogen-bond donors (Lipinski definition) is 0. The van der Waals surface area contributed by atoms with Crippen molar-refractivity contribution in [2.75, 3.05) is 26.2 Å². The fourth-order valence-electron chi connectivity index (χ4n) is 4.69. The van der Waals surface area contributed by atoms with Gasteiger partial charge in [0.05, 0.1) is 5.75 Å². The Bertz CT molecular complexity index is 1560. The number of piperazine rings is 1. The van der Waals surface area contributed by atoms with E-state index in [2.05, 4.69) is 80.1 Å². The minimum absolute atomic E-state index is 0.00791. The van der Waals surface area contributed by atoms with E-state index < -0.39 is 0 Å². The zero-order valence-electron chi connectivity index (χ0n) is 22.2. The first-order valence-corrected chi connectivity index (χ1v) is 15.1. The van der Waals surface area contributed by atoms with Gasteiger partial charge >= 0.3 is 0 Å². The highest BCUT2D eigenvalue weighted by atomic mass is 32.2. The van der Waals surface area contributed by atoms with Gasteiger partial charge in [0, 0.05) is 61.7 Å². The zero-order valence-corrected chi connectivity index (χ0v) is 23.8. The number of aromatic nitrogens is 5. The van der Waals surface area contributed by atoms with Crippen molar-refractivity contribution in [1.29, 1.82) is 0 Å². The molecule has 4 heterocycles. The molecule has 0 N–H and O–H groups in total. The number of aryl methyl sites for hydroxylation is 1. The van der Waals surface area contributed by atoms with Crippen molar-refractivity contribution >= 4 is 29.0 Å². The Morgan fingerprint density at radius 2 is 1.75 bits per heavy atom. The molecule has 2 aromatic carbocycles. The lowest BCUT2D eigenvalue weighted by atomic mass is 10.2. The van der Waals surface area contributed by atoms with Gasteiger partial charge in [0.2, 0.25) is 0 Å². The summed E-state index contributed by atoms with van der Waals surface area (Å²) in [5, 5.41) is 12.5. The van der Waals surface area contributed by atoms with Gasteiger partial charge in [0.15, 0.2) is 11.0 Å². The van der Waals surface area contributed by atoms with Gasteiger partial charge in [-0.1, -0.05) is 59.8 Å². The Morgan fingerprint density at radius 1 is 0.950 bits per heavy atom. The lowest BCUT2D eigenvalue weighted by Crippen LogP contribution is -2.48. The van der Waals surface area contributed by atoms with Crippen molar-refractivity contribution in [3.05, 3.63) is 106 Å². The Balaban J connectivity index is 1.11. The molecule has 0 bridgehead atoms. The number of pyridine rings is 1. The fourth-order valence-corrected chi connectivity index (χ4v) is 6.42. The quantitative estimate of drug-likeness (QED) is 0.234. The van der Waals surface area contributed by atoms with Gasteiger partial charge in [-0.25, -0.2) is 4.98 Å². The van der Waals surface area contributed by atoms with Crippen LogP contribution in [0.15, 0.2) is 89.7 Å². The number of rotatable bonds is 8. The molecule has 1 fully saturated rings. The maximum absolute atomic E-state index is 13.2. The molecule has 202 valence electrons. The summed E-state index contributed by atoms with van der Waals surface area (Å²) in [6, 6.07) is 22.7. The summed E-state index contributed by atoms with van der Waals surface area (Å²) < 4.78 is 2.05. The molecule has 1 amide bonds. The maximum atomic E-state index is 13.2. The molecule has 0 aliphatic carbocycles. The van der Waals surface area contributed by atoms with Crippen LogP contribution in [0.2, 0.25) is 0 Å². The predicted molar refractivity (Wildman–Crippen MR) is 159 cm³/mol. The Kier molecular flexibility index (Phi) is 7.99. The lowest BCUT2D eigenvalue weighted by Gasteiger charge is -2.34. The van der Waals surface area contributed by atoms with Crippen LogP contribution in [-0.4, -0.2) is 66.6 Å². The van der Waals surface area contributed by atoms with Crippen LogP contribution in [0.25, 0.3) is 17.1 Å².